The molecule has 70 valence electrons. The molecule has 1 saturated carbocycles. The molecule has 0 spiro atoms. The molecule has 0 heterocycles. The van der Waals surface area contributed by atoms with E-state index >= 15 is 0 Å². The summed E-state index contributed by atoms with van der Waals surface area (Å²) in [7, 11) is 0. The summed E-state index contributed by atoms with van der Waals surface area (Å²) in [5, 5.41) is 0.470. The maximum atomic E-state index is 12.9. The molecular weight excluding hydrogens is 189 g/mol. The fraction of sp³-hybridized carbons (Fsp3) is 0.400. The summed E-state index contributed by atoms with van der Waals surface area (Å²) in [5.74, 6) is 0.696. The first-order valence-electron chi connectivity index (χ1n) is 4.37. The van der Waals surface area contributed by atoms with Crippen LogP contribution in [0.2, 0.25) is 5.02 Å². The predicted molar refractivity (Wildman–Crippen MR) is 51.3 cm³/mol. The highest BCUT2D eigenvalue weighted by Crippen LogP contribution is 2.47. The third-order valence-electron chi connectivity index (χ3n) is 2.54. The molecule has 2 N–H and O–H groups in total. The van der Waals surface area contributed by atoms with E-state index in [4.69, 9.17) is 17.3 Å². The Balaban J connectivity index is 2.22. The van der Waals surface area contributed by atoms with E-state index in [1.54, 1.807) is 6.07 Å². The van der Waals surface area contributed by atoms with Crippen molar-refractivity contribution in [2.75, 3.05) is 6.54 Å². The SMILES string of the molecule is NCC1CC1c1cc(F)cc(Cl)c1. The minimum Gasteiger partial charge on any atom is -0.330 e. The van der Waals surface area contributed by atoms with Crippen LogP contribution in [0, 0.1) is 11.7 Å². The van der Waals surface area contributed by atoms with Gasteiger partial charge in [0.25, 0.3) is 0 Å². The molecular formula is C10H11ClFN. The Kier molecular flexibility index (Phi) is 2.26. The fourth-order valence-corrected chi connectivity index (χ4v) is 1.94. The first-order chi connectivity index (χ1) is 6.20. The van der Waals surface area contributed by atoms with Crippen molar-refractivity contribution in [2.24, 2.45) is 11.7 Å². The lowest BCUT2D eigenvalue weighted by atomic mass is 10.1. The van der Waals surface area contributed by atoms with Gasteiger partial charge in [-0.3, -0.25) is 0 Å². The van der Waals surface area contributed by atoms with Crippen LogP contribution in [-0.4, -0.2) is 6.54 Å². The Bertz CT molecular complexity index is 306. The van der Waals surface area contributed by atoms with Crippen LogP contribution in [-0.2, 0) is 0 Å². The molecule has 2 atom stereocenters. The second-order valence-corrected chi connectivity index (χ2v) is 3.98. The first-order valence-corrected chi connectivity index (χ1v) is 4.74. The van der Waals surface area contributed by atoms with Crippen LogP contribution < -0.4 is 5.73 Å². The average Bonchev–Trinajstić information content (AvgIpc) is 2.80. The number of hydrogen-bond donors (Lipinski definition) is 1. The summed E-state index contributed by atoms with van der Waals surface area (Å²) in [6.45, 7) is 0.679. The largest absolute Gasteiger partial charge is 0.330 e. The number of rotatable bonds is 2. The number of benzene rings is 1. The molecule has 1 aromatic carbocycles. The molecule has 2 rings (SSSR count). The molecule has 1 fully saturated rings. The topological polar surface area (TPSA) is 26.0 Å². The second kappa shape index (κ2) is 3.28. The van der Waals surface area contributed by atoms with Gasteiger partial charge >= 0.3 is 0 Å². The third kappa shape index (κ3) is 1.84. The van der Waals surface area contributed by atoms with Crippen molar-refractivity contribution < 1.29 is 4.39 Å². The third-order valence-corrected chi connectivity index (χ3v) is 2.76. The maximum absolute atomic E-state index is 12.9. The number of nitrogens with two attached hydrogens (primary N) is 1. The smallest absolute Gasteiger partial charge is 0.124 e. The summed E-state index contributed by atoms with van der Waals surface area (Å²) in [6.07, 6.45) is 1.07. The van der Waals surface area contributed by atoms with Gasteiger partial charge in [0.05, 0.1) is 0 Å². The molecule has 1 nitrogen and oxygen atoms in total. The van der Waals surface area contributed by atoms with Gasteiger partial charge in [0.1, 0.15) is 5.82 Å². The van der Waals surface area contributed by atoms with Crippen molar-refractivity contribution >= 4 is 11.6 Å². The molecule has 0 saturated heterocycles. The maximum Gasteiger partial charge on any atom is 0.124 e. The van der Waals surface area contributed by atoms with Crippen molar-refractivity contribution in [2.45, 2.75) is 12.3 Å². The Morgan fingerprint density at radius 3 is 2.77 bits per heavy atom. The van der Waals surface area contributed by atoms with Gasteiger partial charge in [0, 0.05) is 5.02 Å². The zero-order chi connectivity index (χ0) is 9.42. The summed E-state index contributed by atoms with van der Waals surface area (Å²) < 4.78 is 12.9. The second-order valence-electron chi connectivity index (χ2n) is 3.54. The molecule has 0 bridgehead atoms. The van der Waals surface area contributed by atoms with Gasteiger partial charge in [-0.2, -0.15) is 0 Å². The van der Waals surface area contributed by atoms with Crippen molar-refractivity contribution in [3.63, 3.8) is 0 Å². The van der Waals surface area contributed by atoms with Gasteiger partial charge in [-0.25, -0.2) is 4.39 Å². The summed E-state index contributed by atoms with van der Waals surface area (Å²) in [5.41, 5.74) is 6.50. The van der Waals surface area contributed by atoms with Gasteiger partial charge < -0.3 is 5.73 Å². The van der Waals surface area contributed by atoms with E-state index in [0.29, 0.717) is 23.4 Å². The average molecular weight is 200 g/mol. The Morgan fingerprint density at radius 2 is 2.23 bits per heavy atom. The molecule has 1 aliphatic carbocycles. The highest BCUT2D eigenvalue weighted by Gasteiger charge is 2.37. The number of halogens is 2. The summed E-state index contributed by atoms with van der Waals surface area (Å²) >= 11 is 5.74. The van der Waals surface area contributed by atoms with E-state index in [1.807, 2.05) is 6.07 Å². The van der Waals surface area contributed by atoms with E-state index in [9.17, 15) is 4.39 Å². The van der Waals surface area contributed by atoms with E-state index in [0.717, 1.165) is 12.0 Å². The molecule has 1 aliphatic rings. The van der Waals surface area contributed by atoms with Crippen molar-refractivity contribution in [3.05, 3.63) is 34.6 Å². The lowest BCUT2D eigenvalue weighted by Crippen LogP contribution is -2.02. The highest BCUT2D eigenvalue weighted by molar-refractivity contribution is 6.30. The molecule has 0 aliphatic heterocycles. The van der Waals surface area contributed by atoms with E-state index in [1.165, 1.54) is 6.07 Å². The van der Waals surface area contributed by atoms with Gasteiger partial charge in [0.2, 0.25) is 0 Å². The number of hydrogen-bond acceptors (Lipinski definition) is 1. The van der Waals surface area contributed by atoms with Crippen molar-refractivity contribution in [1.82, 2.24) is 0 Å². The standard InChI is InChI=1S/C10H11ClFN/c11-8-1-6(2-9(12)4-8)10-3-7(10)5-13/h1-2,4,7,10H,3,5,13H2. The quantitative estimate of drug-likeness (QED) is 0.779. The van der Waals surface area contributed by atoms with Crippen LogP contribution in [0.25, 0.3) is 0 Å². The lowest BCUT2D eigenvalue weighted by molar-refractivity contribution is 0.625. The molecule has 0 aromatic heterocycles. The molecule has 13 heavy (non-hydrogen) atoms. The Labute approximate surface area is 81.7 Å². The van der Waals surface area contributed by atoms with Crippen LogP contribution in [0.5, 0.6) is 0 Å². The van der Waals surface area contributed by atoms with E-state index < -0.39 is 0 Å². The van der Waals surface area contributed by atoms with Crippen molar-refractivity contribution in [3.8, 4) is 0 Å². The van der Waals surface area contributed by atoms with E-state index in [2.05, 4.69) is 0 Å². The van der Waals surface area contributed by atoms with Crippen LogP contribution in [0.4, 0.5) is 4.39 Å². The Hall–Kier alpha value is -0.600. The fourth-order valence-electron chi connectivity index (χ4n) is 1.71. The van der Waals surface area contributed by atoms with Crippen molar-refractivity contribution in [1.29, 1.82) is 0 Å². The van der Waals surface area contributed by atoms with E-state index in [-0.39, 0.29) is 5.82 Å². The van der Waals surface area contributed by atoms with Gasteiger partial charge in [0.15, 0.2) is 0 Å². The Morgan fingerprint density at radius 1 is 1.46 bits per heavy atom. The molecule has 2 unspecified atom stereocenters. The predicted octanol–water partition coefficient (Wildman–Crippen LogP) is 2.54. The minimum atomic E-state index is -0.259. The summed E-state index contributed by atoms with van der Waals surface area (Å²) in [4.78, 5) is 0. The molecule has 0 radical (unpaired) electrons. The van der Waals surface area contributed by atoms with Crippen LogP contribution >= 0.6 is 11.6 Å². The minimum absolute atomic E-state index is 0.259. The molecule has 3 heteroatoms. The summed E-state index contributed by atoms with van der Waals surface area (Å²) in [6, 6.07) is 4.70. The van der Waals surface area contributed by atoms with Crippen LogP contribution in [0.15, 0.2) is 18.2 Å². The lowest BCUT2D eigenvalue weighted by Gasteiger charge is -2.00. The van der Waals surface area contributed by atoms with Gasteiger partial charge in [-0.05, 0) is 48.6 Å². The van der Waals surface area contributed by atoms with Crippen LogP contribution in [0.3, 0.4) is 0 Å². The van der Waals surface area contributed by atoms with Crippen LogP contribution in [0.1, 0.15) is 17.9 Å². The first kappa shape index (κ1) is 8.97. The highest BCUT2D eigenvalue weighted by atomic mass is 35.5. The van der Waals surface area contributed by atoms with Gasteiger partial charge in [-0.15, -0.1) is 0 Å². The normalized spacial score (nSPS) is 26.1. The monoisotopic (exact) mass is 199 g/mol. The molecule has 1 aromatic rings. The zero-order valence-corrected chi connectivity index (χ0v) is 7.89. The zero-order valence-electron chi connectivity index (χ0n) is 7.13. The van der Waals surface area contributed by atoms with Gasteiger partial charge in [-0.1, -0.05) is 11.6 Å². The molecule has 0 amide bonds.